The van der Waals surface area contributed by atoms with E-state index < -0.39 is 11.5 Å². The fourth-order valence-electron chi connectivity index (χ4n) is 1.80. The van der Waals surface area contributed by atoms with Gasteiger partial charge in [0, 0.05) is 6.42 Å². The van der Waals surface area contributed by atoms with E-state index in [0.29, 0.717) is 12.0 Å². The zero-order valence-corrected chi connectivity index (χ0v) is 11.2. The van der Waals surface area contributed by atoms with E-state index in [4.69, 9.17) is 11.2 Å². The van der Waals surface area contributed by atoms with Gasteiger partial charge in [0.15, 0.2) is 0 Å². The van der Waals surface area contributed by atoms with Crippen molar-refractivity contribution in [1.29, 1.82) is 0 Å². The third-order valence-corrected chi connectivity index (χ3v) is 2.75. The van der Waals surface area contributed by atoms with Gasteiger partial charge >= 0.3 is 5.97 Å². The zero-order valence-electron chi connectivity index (χ0n) is 11.2. The summed E-state index contributed by atoms with van der Waals surface area (Å²) in [5.41, 5.74) is -0.254. The van der Waals surface area contributed by atoms with Gasteiger partial charge in [-0.05, 0) is 31.5 Å². The van der Waals surface area contributed by atoms with Gasteiger partial charge in [-0.15, -0.1) is 6.42 Å². The first-order valence-corrected chi connectivity index (χ1v) is 6.12. The summed E-state index contributed by atoms with van der Waals surface area (Å²) in [6.07, 6.45) is 5.51. The molecule has 0 aliphatic heterocycles. The third-order valence-electron chi connectivity index (χ3n) is 2.75. The molecule has 1 atom stereocenters. The van der Waals surface area contributed by atoms with E-state index in [2.05, 4.69) is 11.2 Å². The van der Waals surface area contributed by atoms with Crippen molar-refractivity contribution in [3.05, 3.63) is 35.6 Å². The summed E-state index contributed by atoms with van der Waals surface area (Å²) >= 11 is 0. The molecule has 102 valence electrons. The number of esters is 1. The number of terminal acetylenes is 1. The second-order valence-electron chi connectivity index (χ2n) is 4.42. The maximum absolute atomic E-state index is 13.2. The lowest BCUT2D eigenvalue weighted by Gasteiger charge is -2.28. The summed E-state index contributed by atoms with van der Waals surface area (Å²) in [7, 11) is 0. The number of halogens is 1. The van der Waals surface area contributed by atoms with Crippen LogP contribution in [0.25, 0.3) is 0 Å². The topological polar surface area (TPSA) is 38.3 Å². The lowest BCUT2D eigenvalue weighted by molar-refractivity contribution is -0.150. The molecule has 0 amide bonds. The molecular formula is C15H18FNO2. The number of nitrogens with one attached hydrogen (secondary N) is 1. The molecule has 4 heteroatoms. The summed E-state index contributed by atoms with van der Waals surface area (Å²) in [4.78, 5) is 12.0. The van der Waals surface area contributed by atoms with Gasteiger partial charge in [0.25, 0.3) is 0 Å². The van der Waals surface area contributed by atoms with Crippen molar-refractivity contribution in [3.63, 3.8) is 0 Å². The number of benzene rings is 1. The highest BCUT2D eigenvalue weighted by Crippen LogP contribution is 2.16. The fourth-order valence-corrected chi connectivity index (χ4v) is 1.80. The fraction of sp³-hybridized carbons (Fsp3) is 0.400. The number of carbonyl (C=O) groups is 1. The summed E-state index contributed by atoms with van der Waals surface area (Å²) in [6, 6.07) is 6.13. The van der Waals surface area contributed by atoms with Crippen molar-refractivity contribution in [2.24, 2.45) is 0 Å². The first kappa shape index (κ1) is 15.2. The normalized spacial score (nSPS) is 13.4. The molecule has 0 saturated heterocycles. The van der Waals surface area contributed by atoms with Crippen LogP contribution in [0.1, 0.15) is 19.4 Å². The molecule has 1 aromatic carbocycles. The van der Waals surface area contributed by atoms with Crippen LogP contribution < -0.4 is 5.32 Å². The minimum absolute atomic E-state index is 0.241. The molecule has 3 nitrogen and oxygen atoms in total. The van der Waals surface area contributed by atoms with Crippen molar-refractivity contribution in [3.8, 4) is 12.3 Å². The van der Waals surface area contributed by atoms with E-state index >= 15 is 0 Å². The van der Waals surface area contributed by atoms with Crippen molar-refractivity contribution in [1.82, 2.24) is 5.32 Å². The number of rotatable bonds is 6. The number of carbonyl (C=O) groups excluding carboxylic acids is 1. The smallest absolute Gasteiger partial charge is 0.326 e. The summed E-state index contributed by atoms with van der Waals surface area (Å²) in [5.74, 6) is 1.70. The van der Waals surface area contributed by atoms with Gasteiger partial charge in [0.2, 0.25) is 0 Å². The van der Waals surface area contributed by atoms with E-state index in [-0.39, 0.29) is 19.0 Å². The van der Waals surface area contributed by atoms with Gasteiger partial charge in [-0.25, -0.2) is 4.39 Å². The highest BCUT2D eigenvalue weighted by molar-refractivity contribution is 5.80. The molecule has 1 unspecified atom stereocenters. The number of ether oxygens (including phenoxy) is 1. The lowest BCUT2D eigenvalue weighted by atomic mass is 9.92. The predicted octanol–water partition coefficient (Wildman–Crippen LogP) is 1.91. The Morgan fingerprint density at radius 2 is 2.32 bits per heavy atom. The molecule has 0 aromatic heterocycles. The Morgan fingerprint density at radius 3 is 2.89 bits per heavy atom. The Morgan fingerprint density at radius 1 is 1.58 bits per heavy atom. The van der Waals surface area contributed by atoms with Gasteiger partial charge in [-0.1, -0.05) is 18.1 Å². The van der Waals surface area contributed by atoms with Gasteiger partial charge < -0.3 is 4.74 Å². The van der Waals surface area contributed by atoms with Crippen LogP contribution in [-0.4, -0.2) is 24.7 Å². The molecule has 0 radical (unpaired) electrons. The molecule has 0 saturated carbocycles. The molecule has 0 heterocycles. The highest BCUT2D eigenvalue weighted by atomic mass is 19.1. The van der Waals surface area contributed by atoms with Crippen molar-refractivity contribution in [2.75, 3.05) is 13.2 Å². The largest absolute Gasteiger partial charge is 0.465 e. The van der Waals surface area contributed by atoms with Crippen LogP contribution in [0.4, 0.5) is 4.39 Å². The van der Waals surface area contributed by atoms with E-state index in [1.807, 2.05) is 0 Å². The molecule has 1 aromatic rings. The number of hydrogen-bond acceptors (Lipinski definition) is 3. The maximum Gasteiger partial charge on any atom is 0.326 e. The lowest BCUT2D eigenvalue weighted by Crippen LogP contribution is -2.52. The molecule has 1 N–H and O–H groups in total. The zero-order chi connectivity index (χ0) is 14.3. The molecule has 0 bridgehead atoms. The molecule has 0 aliphatic rings. The van der Waals surface area contributed by atoms with Gasteiger partial charge in [0.1, 0.15) is 11.4 Å². The minimum Gasteiger partial charge on any atom is -0.465 e. The van der Waals surface area contributed by atoms with Crippen LogP contribution in [0.2, 0.25) is 0 Å². The first-order chi connectivity index (χ1) is 9.01. The van der Waals surface area contributed by atoms with Crippen LogP contribution >= 0.6 is 0 Å². The Kier molecular flexibility index (Phi) is 5.53. The average molecular weight is 263 g/mol. The highest BCUT2D eigenvalue weighted by Gasteiger charge is 2.34. The van der Waals surface area contributed by atoms with Crippen LogP contribution in [0, 0.1) is 18.2 Å². The minimum atomic E-state index is -0.962. The van der Waals surface area contributed by atoms with Crippen LogP contribution in [-0.2, 0) is 16.0 Å². The van der Waals surface area contributed by atoms with Gasteiger partial charge in [-0.3, -0.25) is 10.1 Å². The summed E-state index contributed by atoms with van der Waals surface area (Å²) in [5, 5.41) is 2.97. The first-order valence-electron chi connectivity index (χ1n) is 6.12. The Balaban J connectivity index is 2.91. The second kappa shape index (κ2) is 6.91. The van der Waals surface area contributed by atoms with E-state index in [1.165, 1.54) is 12.1 Å². The monoisotopic (exact) mass is 263 g/mol. The molecule has 1 rings (SSSR count). The SMILES string of the molecule is C#CCNC(C)(Cc1cccc(F)c1)C(=O)OCC. The van der Waals surface area contributed by atoms with Gasteiger partial charge in [0.05, 0.1) is 13.2 Å². The van der Waals surface area contributed by atoms with Crippen LogP contribution in [0.3, 0.4) is 0 Å². The quantitative estimate of drug-likeness (QED) is 0.629. The molecule has 0 spiro atoms. The maximum atomic E-state index is 13.2. The standard InChI is InChI=1S/C15H18FNO2/c1-4-9-17-15(3,14(18)19-5-2)11-12-7-6-8-13(16)10-12/h1,6-8,10,17H,5,9,11H2,2-3H3. The van der Waals surface area contributed by atoms with E-state index in [0.717, 1.165) is 0 Å². The van der Waals surface area contributed by atoms with Crippen LogP contribution in [0.5, 0.6) is 0 Å². The van der Waals surface area contributed by atoms with Crippen molar-refractivity contribution in [2.45, 2.75) is 25.8 Å². The predicted molar refractivity (Wildman–Crippen MR) is 72.0 cm³/mol. The third kappa shape index (κ3) is 4.38. The van der Waals surface area contributed by atoms with Crippen molar-refractivity contribution >= 4 is 5.97 Å². The summed E-state index contributed by atoms with van der Waals surface area (Å²) in [6.45, 7) is 3.97. The van der Waals surface area contributed by atoms with E-state index in [9.17, 15) is 9.18 Å². The summed E-state index contributed by atoms with van der Waals surface area (Å²) < 4.78 is 18.2. The Bertz CT molecular complexity index is 481. The molecule has 0 aliphatic carbocycles. The molecule has 0 fully saturated rings. The Hall–Kier alpha value is -1.86. The van der Waals surface area contributed by atoms with E-state index in [1.54, 1.807) is 26.0 Å². The van der Waals surface area contributed by atoms with Crippen molar-refractivity contribution < 1.29 is 13.9 Å². The number of hydrogen-bond donors (Lipinski definition) is 1. The average Bonchev–Trinajstić information content (AvgIpc) is 2.36. The molecular weight excluding hydrogens is 245 g/mol. The van der Waals surface area contributed by atoms with Gasteiger partial charge in [-0.2, -0.15) is 0 Å². The molecule has 19 heavy (non-hydrogen) atoms. The second-order valence-corrected chi connectivity index (χ2v) is 4.42. The Labute approximate surface area is 113 Å². The van der Waals surface area contributed by atoms with Crippen LogP contribution in [0.15, 0.2) is 24.3 Å².